The molecule has 3 heteroatoms. The van der Waals surface area contributed by atoms with Crippen molar-refractivity contribution in [1.29, 1.82) is 0 Å². The van der Waals surface area contributed by atoms with E-state index in [1.807, 2.05) is 6.07 Å². The molecule has 0 aromatic heterocycles. The van der Waals surface area contributed by atoms with Crippen molar-refractivity contribution in [3.05, 3.63) is 23.8 Å². The third-order valence-electron chi connectivity index (χ3n) is 4.20. The highest BCUT2D eigenvalue weighted by atomic mass is 35.5. The van der Waals surface area contributed by atoms with Gasteiger partial charge in [-0.15, -0.1) is 11.6 Å². The third-order valence-corrected chi connectivity index (χ3v) is 4.81. The van der Waals surface area contributed by atoms with Crippen molar-refractivity contribution < 1.29 is 9.47 Å². The second-order valence-electron chi connectivity index (χ2n) is 6.15. The van der Waals surface area contributed by atoms with E-state index < -0.39 is 0 Å². The molecule has 1 aliphatic rings. The number of ether oxygens (including phenoxy) is 2. The standard InChI is InChI=1S/C18H27ClO2/c1-4-6-7-14(5-2)18(19)15-8-9-16-17(10-15)21-12-13(3)11-20-16/h8-10,13-14,18H,4-7,11-12H2,1-3H3. The zero-order valence-electron chi connectivity index (χ0n) is 13.4. The second-order valence-corrected chi connectivity index (χ2v) is 6.62. The van der Waals surface area contributed by atoms with Gasteiger partial charge in [0.25, 0.3) is 0 Å². The number of alkyl halides is 1. The summed E-state index contributed by atoms with van der Waals surface area (Å²) < 4.78 is 11.6. The van der Waals surface area contributed by atoms with Gasteiger partial charge in [-0.1, -0.05) is 46.1 Å². The summed E-state index contributed by atoms with van der Waals surface area (Å²) in [4.78, 5) is 0. The first-order valence-corrected chi connectivity index (χ1v) is 8.62. The number of unbranched alkanes of at least 4 members (excludes halogenated alkanes) is 1. The monoisotopic (exact) mass is 310 g/mol. The maximum atomic E-state index is 6.72. The van der Waals surface area contributed by atoms with Crippen LogP contribution in [0.3, 0.4) is 0 Å². The van der Waals surface area contributed by atoms with Crippen LogP contribution in [0, 0.1) is 11.8 Å². The Kier molecular flexibility index (Phi) is 6.22. The highest BCUT2D eigenvalue weighted by molar-refractivity contribution is 6.21. The van der Waals surface area contributed by atoms with Crippen LogP contribution in [0.5, 0.6) is 11.5 Å². The highest BCUT2D eigenvalue weighted by Crippen LogP contribution is 2.39. The maximum Gasteiger partial charge on any atom is 0.161 e. The third kappa shape index (κ3) is 4.29. The summed E-state index contributed by atoms with van der Waals surface area (Å²) in [6.45, 7) is 8.00. The quantitative estimate of drug-likeness (QED) is 0.638. The highest BCUT2D eigenvalue weighted by Gasteiger charge is 2.22. The average Bonchev–Trinajstić information content (AvgIpc) is 2.69. The lowest BCUT2D eigenvalue weighted by Gasteiger charge is -2.22. The van der Waals surface area contributed by atoms with E-state index in [1.54, 1.807) is 0 Å². The predicted octanol–water partition coefficient (Wildman–Crippen LogP) is 5.59. The molecule has 0 bridgehead atoms. The minimum atomic E-state index is 0.0520. The number of rotatable bonds is 6. The Morgan fingerprint density at radius 1 is 1.19 bits per heavy atom. The van der Waals surface area contributed by atoms with E-state index in [9.17, 15) is 0 Å². The van der Waals surface area contributed by atoms with Gasteiger partial charge < -0.3 is 9.47 Å². The van der Waals surface area contributed by atoms with Gasteiger partial charge in [-0.2, -0.15) is 0 Å². The number of benzene rings is 1. The minimum Gasteiger partial charge on any atom is -0.489 e. The summed E-state index contributed by atoms with van der Waals surface area (Å²) in [5.74, 6) is 2.62. The van der Waals surface area contributed by atoms with Gasteiger partial charge in [0, 0.05) is 5.92 Å². The second kappa shape index (κ2) is 7.93. The van der Waals surface area contributed by atoms with E-state index in [1.165, 1.54) is 19.3 Å². The zero-order valence-corrected chi connectivity index (χ0v) is 14.2. The molecule has 0 saturated carbocycles. The normalized spacial score (nSPS) is 20.7. The SMILES string of the molecule is CCCCC(CC)C(Cl)c1ccc2c(c1)OCC(C)CO2. The molecule has 1 aliphatic heterocycles. The lowest BCUT2D eigenvalue weighted by atomic mass is 9.91. The summed E-state index contributed by atoms with van der Waals surface area (Å²) in [5, 5.41) is 0.0520. The first-order valence-electron chi connectivity index (χ1n) is 8.19. The van der Waals surface area contributed by atoms with Crippen molar-refractivity contribution >= 4 is 11.6 Å². The van der Waals surface area contributed by atoms with Gasteiger partial charge in [0.2, 0.25) is 0 Å². The van der Waals surface area contributed by atoms with E-state index in [2.05, 4.69) is 32.9 Å². The molecule has 1 heterocycles. The smallest absolute Gasteiger partial charge is 0.161 e. The molecule has 2 rings (SSSR count). The lowest BCUT2D eigenvalue weighted by molar-refractivity contribution is 0.228. The van der Waals surface area contributed by atoms with Gasteiger partial charge in [0.15, 0.2) is 11.5 Å². The van der Waals surface area contributed by atoms with Crippen molar-refractivity contribution in [2.75, 3.05) is 13.2 Å². The molecule has 0 amide bonds. The molecular weight excluding hydrogens is 284 g/mol. The van der Waals surface area contributed by atoms with Crippen LogP contribution in [0.1, 0.15) is 57.4 Å². The fourth-order valence-corrected chi connectivity index (χ4v) is 3.18. The Hall–Kier alpha value is -0.890. The van der Waals surface area contributed by atoms with Gasteiger partial charge >= 0.3 is 0 Å². The van der Waals surface area contributed by atoms with Crippen molar-refractivity contribution in [3.63, 3.8) is 0 Å². The van der Waals surface area contributed by atoms with Gasteiger partial charge in [-0.05, 0) is 30.0 Å². The van der Waals surface area contributed by atoms with Crippen LogP contribution >= 0.6 is 11.6 Å². The van der Waals surface area contributed by atoms with Crippen molar-refractivity contribution in [3.8, 4) is 11.5 Å². The van der Waals surface area contributed by atoms with E-state index in [0.29, 0.717) is 25.0 Å². The van der Waals surface area contributed by atoms with Gasteiger partial charge in [-0.3, -0.25) is 0 Å². The Bertz CT molecular complexity index is 447. The lowest BCUT2D eigenvalue weighted by Crippen LogP contribution is -2.12. The number of halogens is 1. The van der Waals surface area contributed by atoms with Crippen LogP contribution < -0.4 is 9.47 Å². The van der Waals surface area contributed by atoms with Crippen molar-refractivity contribution in [2.45, 2.75) is 51.8 Å². The molecule has 0 spiro atoms. The average molecular weight is 311 g/mol. The summed E-state index contributed by atoms with van der Waals surface area (Å²) >= 11 is 6.72. The molecule has 0 aliphatic carbocycles. The zero-order chi connectivity index (χ0) is 15.2. The van der Waals surface area contributed by atoms with Crippen LogP contribution in [0.25, 0.3) is 0 Å². The van der Waals surface area contributed by atoms with Gasteiger partial charge in [0.1, 0.15) is 0 Å². The van der Waals surface area contributed by atoms with Crippen LogP contribution in [0.2, 0.25) is 0 Å². The molecule has 0 saturated heterocycles. The minimum absolute atomic E-state index is 0.0520. The summed E-state index contributed by atoms with van der Waals surface area (Å²) in [6, 6.07) is 6.16. The largest absolute Gasteiger partial charge is 0.489 e. The molecule has 3 unspecified atom stereocenters. The van der Waals surface area contributed by atoms with Gasteiger partial charge in [-0.25, -0.2) is 0 Å². The van der Waals surface area contributed by atoms with Crippen LogP contribution in [0.4, 0.5) is 0 Å². The topological polar surface area (TPSA) is 18.5 Å². The van der Waals surface area contributed by atoms with Crippen molar-refractivity contribution in [1.82, 2.24) is 0 Å². The Morgan fingerprint density at radius 3 is 2.57 bits per heavy atom. The van der Waals surface area contributed by atoms with Crippen LogP contribution in [-0.2, 0) is 0 Å². The first kappa shape index (κ1) is 16.5. The molecule has 3 atom stereocenters. The summed E-state index contributed by atoms with van der Waals surface area (Å²) in [6.07, 6.45) is 4.76. The molecule has 0 radical (unpaired) electrons. The van der Waals surface area contributed by atoms with Gasteiger partial charge in [0.05, 0.1) is 18.6 Å². The molecule has 118 valence electrons. The van der Waals surface area contributed by atoms with E-state index >= 15 is 0 Å². The van der Waals surface area contributed by atoms with Crippen molar-refractivity contribution in [2.24, 2.45) is 11.8 Å². The van der Waals surface area contributed by atoms with E-state index in [-0.39, 0.29) is 5.38 Å². The molecule has 1 aromatic carbocycles. The summed E-state index contributed by atoms with van der Waals surface area (Å²) in [7, 11) is 0. The number of hydrogen-bond donors (Lipinski definition) is 0. The Morgan fingerprint density at radius 2 is 1.90 bits per heavy atom. The molecule has 0 fully saturated rings. The summed E-state index contributed by atoms with van der Waals surface area (Å²) in [5.41, 5.74) is 1.15. The predicted molar refractivity (Wildman–Crippen MR) is 88.5 cm³/mol. The molecule has 2 nitrogen and oxygen atoms in total. The van der Waals surface area contributed by atoms with E-state index in [0.717, 1.165) is 23.5 Å². The van der Waals surface area contributed by atoms with E-state index in [4.69, 9.17) is 21.1 Å². The Balaban J connectivity index is 2.13. The van der Waals surface area contributed by atoms with Crippen LogP contribution in [-0.4, -0.2) is 13.2 Å². The van der Waals surface area contributed by atoms with Crippen LogP contribution in [0.15, 0.2) is 18.2 Å². The number of fused-ring (bicyclic) bond motifs is 1. The fourth-order valence-electron chi connectivity index (χ4n) is 2.74. The molecule has 1 aromatic rings. The maximum absolute atomic E-state index is 6.72. The number of hydrogen-bond acceptors (Lipinski definition) is 2. The molecular formula is C18H27ClO2. The molecule has 0 N–H and O–H groups in total. The Labute approximate surface area is 133 Å². The fraction of sp³-hybridized carbons (Fsp3) is 0.667. The first-order chi connectivity index (χ1) is 10.2. The molecule has 21 heavy (non-hydrogen) atoms.